The predicted molar refractivity (Wildman–Crippen MR) is 80.7 cm³/mol. The lowest BCUT2D eigenvalue weighted by molar-refractivity contribution is 0.180. The van der Waals surface area contributed by atoms with Crippen LogP contribution in [-0.2, 0) is 24.2 Å². The summed E-state index contributed by atoms with van der Waals surface area (Å²) in [6.45, 7) is 6.34. The van der Waals surface area contributed by atoms with Crippen molar-refractivity contribution in [3.63, 3.8) is 0 Å². The summed E-state index contributed by atoms with van der Waals surface area (Å²) in [6.07, 6.45) is 4.10. The Hall–Kier alpha value is -0.960. The van der Waals surface area contributed by atoms with Gasteiger partial charge in [0.25, 0.3) is 0 Å². The van der Waals surface area contributed by atoms with Crippen LogP contribution in [0, 0.1) is 17.2 Å². The smallest absolute Gasteiger partial charge is 0.0945 e. The monoisotopic (exact) mass is 293 g/mol. The average molecular weight is 293 g/mol. The SMILES string of the molecule is COCc1nc(CCN2CCCC(C)C2)sc1CC#N. The van der Waals surface area contributed by atoms with E-state index >= 15 is 0 Å². The summed E-state index contributed by atoms with van der Waals surface area (Å²) in [5.41, 5.74) is 0.945. The van der Waals surface area contributed by atoms with Crippen LogP contribution >= 0.6 is 11.3 Å². The molecule has 0 saturated carbocycles. The second-order valence-electron chi connectivity index (χ2n) is 5.54. The van der Waals surface area contributed by atoms with Crippen LogP contribution in [0.15, 0.2) is 0 Å². The van der Waals surface area contributed by atoms with Gasteiger partial charge in [0.2, 0.25) is 0 Å². The molecule has 0 aromatic carbocycles. The molecule has 0 spiro atoms. The van der Waals surface area contributed by atoms with E-state index in [1.165, 1.54) is 25.9 Å². The van der Waals surface area contributed by atoms with Crippen LogP contribution < -0.4 is 0 Å². The highest BCUT2D eigenvalue weighted by atomic mass is 32.1. The minimum Gasteiger partial charge on any atom is -0.378 e. The standard InChI is InChI=1S/C15H23N3OS/c1-12-4-3-8-18(10-12)9-6-15-17-13(11-19-2)14(20-15)5-7-16/h12H,3-6,8-11H2,1-2H3. The van der Waals surface area contributed by atoms with E-state index < -0.39 is 0 Å². The Morgan fingerprint density at radius 3 is 3.10 bits per heavy atom. The largest absolute Gasteiger partial charge is 0.378 e. The Bertz CT molecular complexity index is 466. The number of likely N-dealkylation sites (tertiary alicyclic amines) is 1. The van der Waals surface area contributed by atoms with Gasteiger partial charge in [-0.2, -0.15) is 5.26 Å². The first-order chi connectivity index (χ1) is 9.72. The topological polar surface area (TPSA) is 49.1 Å². The molecular formula is C15H23N3OS. The normalized spacial score (nSPS) is 19.9. The fourth-order valence-electron chi connectivity index (χ4n) is 2.75. The maximum absolute atomic E-state index is 8.86. The fourth-order valence-corrected chi connectivity index (χ4v) is 3.74. The van der Waals surface area contributed by atoms with E-state index in [4.69, 9.17) is 10.00 Å². The molecule has 1 atom stereocenters. The molecule has 0 bridgehead atoms. The van der Waals surface area contributed by atoms with Crippen molar-refractivity contribution in [3.8, 4) is 6.07 Å². The molecule has 2 heterocycles. The van der Waals surface area contributed by atoms with Crippen molar-refractivity contribution in [2.24, 2.45) is 5.92 Å². The van der Waals surface area contributed by atoms with Gasteiger partial charge in [-0.15, -0.1) is 11.3 Å². The molecule has 0 N–H and O–H groups in total. The molecule has 0 aliphatic carbocycles. The van der Waals surface area contributed by atoms with Crippen LogP contribution in [0.3, 0.4) is 0 Å². The van der Waals surface area contributed by atoms with Crippen LogP contribution in [0.5, 0.6) is 0 Å². The molecule has 2 rings (SSSR count). The summed E-state index contributed by atoms with van der Waals surface area (Å²) < 4.78 is 5.16. The Kier molecular flexibility index (Phi) is 5.96. The molecule has 0 amide bonds. The van der Waals surface area contributed by atoms with Crippen molar-refractivity contribution in [1.82, 2.24) is 9.88 Å². The van der Waals surface area contributed by atoms with Gasteiger partial charge in [-0.25, -0.2) is 4.98 Å². The van der Waals surface area contributed by atoms with Crippen molar-refractivity contribution in [2.75, 3.05) is 26.7 Å². The van der Waals surface area contributed by atoms with E-state index in [0.717, 1.165) is 34.5 Å². The van der Waals surface area contributed by atoms with Crippen molar-refractivity contribution >= 4 is 11.3 Å². The molecule has 1 saturated heterocycles. The van der Waals surface area contributed by atoms with Gasteiger partial charge < -0.3 is 9.64 Å². The maximum Gasteiger partial charge on any atom is 0.0945 e. The number of nitriles is 1. The summed E-state index contributed by atoms with van der Waals surface area (Å²) in [4.78, 5) is 8.24. The van der Waals surface area contributed by atoms with Crippen LogP contribution in [0.4, 0.5) is 0 Å². The van der Waals surface area contributed by atoms with E-state index in [0.29, 0.717) is 13.0 Å². The lowest BCUT2D eigenvalue weighted by atomic mass is 10.0. The molecule has 1 aliphatic rings. The summed E-state index contributed by atoms with van der Waals surface area (Å²) >= 11 is 1.67. The van der Waals surface area contributed by atoms with Crippen molar-refractivity contribution in [3.05, 3.63) is 15.6 Å². The highest BCUT2D eigenvalue weighted by Gasteiger charge is 2.17. The first-order valence-corrected chi connectivity index (χ1v) is 8.10. The van der Waals surface area contributed by atoms with E-state index in [9.17, 15) is 0 Å². The van der Waals surface area contributed by atoms with E-state index in [1.807, 2.05) is 0 Å². The maximum atomic E-state index is 8.86. The second-order valence-corrected chi connectivity index (χ2v) is 6.71. The number of rotatable bonds is 6. The van der Waals surface area contributed by atoms with Crippen molar-refractivity contribution in [1.29, 1.82) is 5.26 Å². The summed E-state index contributed by atoms with van der Waals surface area (Å²) in [7, 11) is 1.67. The third-order valence-corrected chi connectivity index (χ3v) is 4.88. The molecule has 20 heavy (non-hydrogen) atoms. The summed E-state index contributed by atoms with van der Waals surface area (Å²) in [5.74, 6) is 0.818. The van der Waals surface area contributed by atoms with Crippen molar-refractivity contribution < 1.29 is 4.74 Å². The molecule has 1 unspecified atom stereocenters. The molecule has 0 radical (unpaired) electrons. The molecule has 1 fully saturated rings. The molecular weight excluding hydrogens is 270 g/mol. The van der Waals surface area contributed by atoms with E-state index in [1.54, 1.807) is 18.4 Å². The van der Waals surface area contributed by atoms with Gasteiger partial charge in [0.1, 0.15) is 0 Å². The lowest BCUT2D eigenvalue weighted by Crippen LogP contribution is -2.35. The Balaban J connectivity index is 1.92. The highest BCUT2D eigenvalue weighted by molar-refractivity contribution is 7.11. The van der Waals surface area contributed by atoms with Gasteiger partial charge in [0, 0.05) is 31.5 Å². The molecule has 4 nitrogen and oxygen atoms in total. The van der Waals surface area contributed by atoms with Crippen molar-refractivity contribution in [2.45, 2.75) is 39.2 Å². The molecule has 1 aromatic heterocycles. The second kappa shape index (κ2) is 7.72. The zero-order valence-corrected chi connectivity index (χ0v) is 13.2. The number of hydrogen-bond acceptors (Lipinski definition) is 5. The number of methoxy groups -OCH3 is 1. The summed E-state index contributed by atoms with van der Waals surface area (Å²) in [6, 6.07) is 2.21. The molecule has 1 aliphatic heterocycles. The van der Waals surface area contributed by atoms with E-state index in [2.05, 4.69) is 22.9 Å². The number of piperidine rings is 1. The summed E-state index contributed by atoms with van der Waals surface area (Å²) in [5, 5.41) is 10.0. The number of ether oxygens (including phenoxy) is 1. The first-order valence-electron chi connectivity index (χ1n) is 7.28. The highest BCUT2D eigenvalue weighted by Crippen LogP contribution is 2.22. The zero-order valence-electron chi connectivity index (χ0n) is 12.4. The number of hydrogen-bond donors (Lipinski definition) is 0. The van der Waals surface area contributed by atoms with Gasteiger partial charge in [-0.3, -0.25) is 0 Å². The fraction of sp³-hybridized carbons (Fsp3) is 0.733. The third kappa shape index (κ3) is 4.27. The third-order valence-electron chi connectivity index (χ3n) is 3.73. The Morgan fingerprint density at radius 2 is 2.40 bits per heavy atom. The van der Waals surface area contributed by atoms with Crippen LogP contribution in [0.2, 0.25) is 0 Å². The number of thiazole rings is 1. The van der Waals surface area contributed by atoms with Gasteiger partial charge in [-0.1, -0.05) is 6.92 Å². The Morgan fingerprint density at radius 1 is 1.55 bits per heavy atom. The molecule has 110 valence electrons. The van der Waals surface area contributed by atoms with Crippen LogP contribution in [0.1, 0.15) is 35.3 Å². The van der Waals surface area contributed by atoms with E-state index in [-0.39, 0.29) is 0 Å². The first kappa shape index (κ1) is 15.4. The van der Waals surface area contributed by atoms with Gasteiger partial charge >= 0.3 is 0 Å². The zero-order chi connectivity index (χ0) is 14.4. The van der Waals surface area contributed by atoms with Gasteiger partial charge in [0.15, 0.2) is 0 Å². The minimum absolute atomic E-state index is 0.442. The van der Waals surface area contributed by atoms with Gasteiger partial charge in [-0.05, 0) is 25.3 Å². The van der Waals surface area contributed by atoms with Crippen LogP contribution in [0.25, 0.3) is 0 Å². The quantitative estimate of drug-likeness (QED) is 0.809. The molecule has 1 aromatic rings. The lowest BCUT2D eigenvalue weighted by Gasteiger charge is -2.30. The Labute approximate surface area is 125 Å². The molecule has 5 heteroatoms. The minimum atomic E-state index is 0.442. The number of aromatic nitrogens is 1. The number of nitrogens with zero attached hydrogens (tertiary/aromatic N) is 3. The van der Waals surface area contributed by atoms with Crippen LogP contribution in [-0.4, -0.2) is 36.6 Å². The average Bonchev–Trinajstić information content (AvgIpc) is 2.80. The predicted octanol–water partition coefficient (Wildman–Crippen LogP) is 2.63. The van der Waals surface area contributed by atoms with Gasteiger partial charge in [0.05, 0.1) is 29.8 Å².